The molecule has 246 valence electrons. The van der Waals surface area contributed by atoms with Crippen LogP contribution in [-0.2, 0) is 40.2 Å². The van der Waals surface area contributed by atoms with Crippen LogP contribution in [0.3, 0.4) is 0 Å². The van der Waals surface area contributed by atoms with E-state index in [-0.39, 0.29) is 18.1 Å². The molecule has 0 bridgehead atoms. The van der Waals surface area contributed by atoms with Gasteiger partial charge in [-0.2, -0.15) is 0 Å². The zero-order valence-corrected chi connectivity index (χ0v) is 28.6. The van der Waals surface area contributed by atoms with E-state index in [2.05, 4.69) is 11.9 Å². The second-order valence-electron chi connectivity index (χ2n) is 10.8. The number of carbonyl (C=O) groups excluding carboxylic acids is 4. The zero-order chi connectivity index (χ0) is 33.5. The Balaban J connectivity index is 1.34. The summed E-state index contributed by atoms with van der Waals surface area (Å²) in [4.78, 5) is 54.4. The van der Waals surface area contributed by atoms with E-state index in [1.54, 1.807) is 37.3 Å². The van der Waals surface area contributed by atoms with Gasteiger partial charge in [0, 0.05) is 15.5 Å². The molecule has 0 radical (unpaired) electrons. The quantitative estimate of drug-likeness (QED) is 0.109. The molecule has 1 aromatic heterocycles. The molecule has 1 aliphatic carbocycles. The first kappa shape index (κ1) is 34.3. The molecule has 1 aliphatic heterocycles. The molecule has 12 heteroatoms. The molecule has 5 rings (SSSR count). The minimum atomic E-state index is -0.586. The van der Waals surface area contributed by atoms with Crippen molar-refractivity contribution in [2.24, 2.45) is 0 Å². The number of hydrogen-bond donors (Lipinski definition) is 1. The number of benzene rings is 2. The monoisotopic (exact) mass is 694 g/mol. The lowest BCUT2D eigenvalue weighted by Gasteiger charge is -2.17. The lowest BCUT2D eigenvalue weighted by atomic mass is 9.95. The van der Waals surface area contributed by atoms with Gasteiger partial charge in [0.1, 0.15) is 18.2 Å². The largest absolute Gasteiger partial charge is 0.490 e. The van der Waals surface area contributed by atoms with Gasteiger partial charge in [0.05, 0.1) is 23.7 Å². The SMILES string of the molecule is C=CCc1cc(C=C2SC(=O)N(CC(=O)Nc3sc4c(c3C(=O)OCC)CCCC4)C2=O)cc(OCC)c1OCc1ccc(Cl)cc1. The van der Waals surface area contributed by atoms with Gasteiger partial charge in [-0.3, -0.25) is 19.3 Å². The van der Waals surface area contributed by atoms with Crippen molar-refractivity contribution in [3.8, 4) is 11.5 Å². The molecule has 2 aromatic carbocycles. The Morgan fingerprint density at radius 3 is 2.55 bits per heavy atom. The third-order valence-electron chi connectivity index (χ3n) is 7.49. The predicted molar refractivity (Wildman–Crippen MR) is 186 cm³/mol. The topological polar surface area (TPSA) is 111 Å². The van der Waals surface area contributed by atoms with Crippen molar-refractivity contribution < 1.29 is 33.4 Å². The molecular weight excluding hydrogens is 660 g/mol. The van der Waals surface area contributed by atoms with Gasteiger partial charge in [-0.15, -0.1) is 17.9 Å². The molecular formula is C35H35ClN2O7S2. The second-order valence-corrected chi connectivity index (χ2v) is 13.3. The number of esters is 1. The number of rotatable bonds is 13. The number of halogens is 1. The number of anilines is 1. The fourth-order valence-electron chi connectivity index (χ4n) is 5.41. The summed E-state index contributed by atoms with van der Waals surface area (Å²) in [5, 5.41) is 3.23. The van der Waals surface area contributed by atoms with Crippen LogP contribution >= 0.6 is 34.7 Å². The van der Waals surface area contributed by atoms with E-state index >= 15 is 0 Å². The summed E-state index contributed by atoms with van der Waals surface area (Å²) in [5.74, 6) is -0.605. The number of aryl methyl sites for hydroxylation is 1. The van der Waals surface area contributed by atoms with Crippen molar-refractivity contribution in [2.45, 2.75) is 52.6 Å². The van der Waals surface area contributed by atoms with Gasteiger partial charge >= 0.3 is 5.97 Å². The van der Waals surface area contributed by atoms with E-state index in [4.69, 9.17) is 25.8 Å². The number of thioether (sulfide) groups is 1. The fraction of sp³-hybridized carbons (Fsp3) is 0.314. The lowest BCUT2D eigenvalue weighted by Crippen LogP contribution is -2.36. The number of carbonyl (C=O) groups is 4. The van der Waals surface area contributed by atoms with E-state index in [1.807, 2.05) is 25.1 Å². The molecule has 9 nitrogen and oxygen atoms in total. The van der Waals surface area contributed by atoms with Gasteiger partial charge in [0.2, 0.25) is 5.91 Å². The minimum Gasteiger partial charge on any atom is -0.490 e. The molecule has 0 atom stereocenters. The van der Waals surface area contributed by atoms with Crippen molar-refractivity contribution in [1.82, 2.24) is 4.90 Å². The number of nitrogens with one attached hydrogen (secondary N) is 1. The number of allylic oxidation sites excluding steroid dienone is 1. The predicted octanol–water partition coefficient (Wildman–Crippen LogP) is 7.84. The van der Waals surface area contributed by atoms with Crippen LogP contribution in [0.15, 0.2) is 54.0 Å². The van der Waals surface area contributed by atoms with Crippen LogP contribution < -0.4 is 14.8 Å². The number of imide groups is 1. The average molecular weight is 695 g/mol. The smallest absolute Gasteiger partial charge is 0.341 e. The molecule has 0 spiro atoms. The molecule has 2 heterocycles. The number of nitrogens with zero attached hydrogens (tertiary/aromatic N) is 1. The van der Waals surface area contributed by atoms with Crippen LogP contribution in [0.25, 0.3) is 6.08 Å². The highest BCUT2D eigenvalue weighted by Gasteiger charge is 2.37. The number of hydrogen-bond acceptors (Lipinski definition) is 9. The van der Waals surface area contributed by atoms with E-state index in [1.165, 1.54) is 11.3 Å². The van der Waals surface area contributed by atoms with Crippen molar-refractivity contribution in [3.05, 3.63) is 91.7 Å². The summed E-state index contributed by atoms with van der Waals surface area (Å²) in [6.45, 7) is 7.84. The van der Waals surface area contributed by atoms with Crippen LogP contribution in [0.5, 0.6) is 11.5 Å². The molecule has 1 N–H and O–H groups in total. The third kappa shape index (κ3) is 8.09. The highest BCUT2D eigenvalue weighted by atomic mass is 35.5. The Morgan fingerprint density at radius 2 is 1.83 bits per heavy atom. The van der Waals surface area contributed by atoms with Crippen LogP contribution in [0.1, 0.15) is 64.2 Å². The van der Waals surface area contributed by atoms with Gasteiger partial charge in [0.25, 0.3) is 11.1 Å². The van der Waals surface area contributed by atoms with E-state index in [0.29, 0.717) is 45.7 Å². The van der Waals surface area contributed by atoms with Gasteiger partial charge in [-0.05, 0) is 105 Å². The number of amides is 3. The summed E-state index contributed by atoms with van der Waals surface area (Å²) in [6.07, 6.45) is 7.34. The molecule has 3 amide bonds. The van der Waals surface area contributed by atoms with Crippen molar-refractivity contribution in [3.63, 3.8) is 0 Å². The summed E-state index contributed by atoms with van der Waals surface area (Å²) >= 11 is 8.12. The fourth-order valence-corrected chi connectivity index (χ4v) is 7.67. The summed E-state index contributed by atoms with van der Waals surface area (Å²) in [7, 11) is 0. The highest BCUT2D eigenvalue weighted by Crippen LogP contribution is 2.40. The molecule has 0 saturated carbocycles. The second kappa shape index (κ2) is 15.7. The van der Waals surface area contributed by atoms with Crippen LogP contribution in [0.2, 0.25) is 5.02 Å². The Hall–Kier alpha value is -4.06. The van der Waals surface area contributed by atoms with Crippen LogP contribution in [0, 0.1) is 0 Å². The number of thiophene rings is 1. The molecule has 0 unspecified atom stereocenters. The Bertz CT molecular complexity index is 1730. The summed E-state index contributed by atoms with van der Waals surface area (Å²) in [6, 6.07) is 11.0. The summed E-state index contributed by atoms with van der Waals surface area (Å²) in [5.41, 5.74) is 3.63. The van der Waals surface area contributed by atoms with Crippen molar-refractivity contribution >= 4 is 68.8 Å². The highest BCUT2D eigenvalue weighted by molar-refractivity contribution is 8.18. The first-order valence-electron chi connectivity index (χ1n) is 15.4. The minimum absolute atomic E-state index is 0.170. The lowest BCUT2D eigenvalue weighted by molar-refractivity contribution is -0.127. The van der Waals surface area contributed by atoms with Gasteiger partial charge < -0.3 is 19.5 Å². The molecule has 2 aliphatic rings. The maximum atomic E-state index is 13.4. The number of ether oxygens (including phenoxy) is 3. The zero-order valence-electron chi connectivity index (χ0n) is 26.2. The molecule has 1 fully saturated rings. The Kier molecular flexibility index (Phi) is 11.4. The van der Waals surface area contributed by atoms with Gasteiger partial charge in [-0.25, -0.2) is 4.79 Å². The van der Waals surface area contributed by atoms with Crippen molar-refractivity contribution in [1.29, 1.82) is 0 Å². The molecule has 1 saturated heterocycles. The van der Waals surface area contributed by atoms with Gasteiger partial charge in [-0.1, -0.05) is 29.8 Å². The van der Waals surface area contributed by atoms with Crippen LogP contribution in [0.4, 0.5) is 9.80 Å². The van der Waals surface area contributed by atoms with E-state index < -0.39 is 29.6 Å². The van der Waals surface area contributed by atoms with E-state index in [0.717, 1.165) is 63.9 Å². The first-order chi connectivity index (χ1) is 22.7. The molecule has 47 heavy (non-hydrogen) atoms. The van der Waals surface area contributed by atoms with Crippen molar-refractivity contribution in [2.75, 3.05) is 25.1 Å². The standard InChI is InChI=1S/C35H35ClN2O7S2/c1-4-9-23-16-22(17-26(43-5-2)31(23)45-20-21-12-14-24(36)15-13-21)18-28-33(40)38(35(42)47-28)19-29(39)37-32-30(34(41)44-6-3)25-10-7-8-11-27(25)46-32/h4,12-18H,1,5-11,19-20H2,2-3H3,(H,37,39). The maximum Gasteiger partial charge on any atom is 0.341 e. The molecule has 3 aromatic rings. The Morgan fingerprint density at radius 1 is 1.06 bits per heavy atom. The van der Waals surface area contributed by atoms with Crippen LogP contribution in [-0.4, -0.2) is 47.7 Å². The normalized spacial score (nSPS) is 15.0. The Labute approximate surface area is 286 Å². The first-order valence-corrected chi connectivity index (χ1v) is 17.4. The van der Waals surface area contributed by atoms with Gasteiger partial charge in [0.15, 0.2) is 11.5 Å². The number of fused-ring (bicyclic) bond motifs is 1. The average Bonchev–Trinajstić information content (AvgIpc) is 3.53. The maximum absolute atomic E-state index is 13.4. The summed E-state index contributed by atoms with van der Waals surface area (Å²) < 4.78 is 17.4. The van der Waals surface area contributed by atoms with E-state index in [9.17, 15) is 19.2 Å². The third-order valence-corrected chi connectivity index (χ3v) is 9.86.